The number of nitrogens with zero attached hydrogens (tertiary/aromatic N) is 1. The molecule has 0 radical (unpaired) electrons. The van der Waals surface area contributed by atoms with Gasteiger partial charge in [0.2, 0.25) is 0 Å². The van der Waals surface area contributed by atoms with E-state index in [9.17, 15) is 14.7 Å². The van der Waals surface area contributed by atoms with Gasteiger partial charge in [-0.3, -0.25) is 5.32 Å². The van der Waals surface area contributed by atoms with Crippen molar-refractivity contribution in [1.29, 1.82) is 0 Å². The van der Waals surface area contributed by atoms with Crippen molar-refractivity contribution in [2.45, 2.75) is 26.4 Å². The third kappa shape index (κ3) is 4.37. The number of thiazole rings is 1. The monoisotopic (exact) mass is 388 g/mol. The number of carboxylic acids is 1. The molecule has 1 amide bonds. The summed E-state index contributed by atoms with van der Waals surface area (Å²) < 4.78 is 5.12. The molecule has 1 aromatic heterocycles. The van der Waals surface area contributed by atoms with Crippen molar-refractivity contribution in [1.82, 2.24) is 4.98 Å². The number of ether oxygens (including phenoxy) is 1. The normalized spacial score (nSPS) is 11.2. The number of anilines is 1. The Labute approximate surface area is 152 Å². The van der Waals surface area contributed by atoms with E-state index in [2.05, 4.69) is 10.3 Å². The lowest BCUT2D eigenvalue weighted by molar-refractivity contribution is 0.0636. The summed E-state index contributed by atoms with van der Waals surface area (Å²) in [5.41, 5.74) is -0.616. The molecule has 0 saturated heterocycles. The van der Waals surface area contributed by atoms with Crippen molar-refractivity contribution in [3.63, 3.8) is 0 Å². The van der Waals surface area contributed by atoms with Gasteiger partial charge in [-0.05, 0) is 32.9 Å². The van der Waals surface area contributed by atoms with Gasteiger partial charge in [0.05, 0.1) is 10.0 Å². The zero-order chi connectivity index (χ0) is 18.1. The van der Waals surface area contributed by atoms with Gasteiger partial charge in [0.1, 0.15) is 15.6 Å². The van der Waals surface area contributed by atoms with Crippen molar-refractivity contribution in [2.24, 2.45) is 0 Å². The standard InChI is InChI=1S/C15H14Cl2N2O4S/c1-15(2,3)23-14(22)19-12-10(13(20)21)18-11(24-12)9-7(16)5-4-6-8(9)17/h4-6H,1-3H3,(H,19,22)(H,20,21). The maximum absolute atomic E-state index is 11.9. The number of hydrogen-bond donors (Lipinski definition) is 2. The minimum Gasteiger partial charge on any atom is -0.476 e. The van der Waals surface area contributed by atoms with E-state index in [0.29, 0.717) is 15.6 Å². The Morgan fingerprint density at radius 2 is 1.83 bits per heavy atom. The van der Waals surface area contributed by atoms with E-state index in [0.717, 1.165) is 11.3 Å². The lowest BCUT2D eigenvalue weighted by atomic mass is 10.2. The van der Waals surface area contributed by atoms with E-state index in [4.69, 9.17) is 27.9 Å². The highest BCUT2D eigenvalue weighted by molar-refractivity contribution is 7.19. The molecule has 0 bridgehead atoms. The summed E-state index contributed by atoms with van der Waals surface area (Å²) in [5.74, 6) is -1.29. The lowest BCUT2D eigenvalue weighted by Crippen LogP contribution is -2.27. The second kappa shape index (κ2) is 6.96. The number of carboxylic acid groups (broad SMARTS) is 1. The number of hydrogen-bond acceptors (Lipinski definition) is 5. The van der Waals surface area contributed by atoms with E-state index in [1.165, 1.54) is 0 Å². The molecule has 2 rings (SSSR count). The Balaban J connectivity index is 2.41. The van der Waals surface area contributed by atoms with Crippen LogP contribution in [0.4, 0.5) is 9.80 Å². The summed E-state index contributed by atoms with van der Waals surface area (Å²) in [6.07, 6.45) is -0.773. The molecule has 1 heterocycles. The van der Waals surface area contributed by atoms with E-state index < -0.39 is 17.7 Å². The maximum atomic E-state index is 11.9. The molecule has 0 unspecified atom stereocenters. The van der Waals surface area contributed by atoms with Crippen LogP contribution in [0.25, 0.3) is 10.6 Å². The SMILES string of the molecule is CC(C)(C)OC(=O)Nc1sc(-c2c(Cl)cccc2Cl)nc1C(=O)O. The van der Waals surface area contributed by atoms with Gasteiger partial charge in [-0.25, -0.2) is 14.6 Å². The molecular weight excluding hydrogens is 375 g/mol. The summed E-state index contributed by atoms with van der Waals surface area (Å²) in [7, 11) is 0. The number of benzene rings is 1. The van der Waals surface area contributed by atoms with Crippen LogP contribution < -0.4 is 5.32 Å². The van der Waals surface area contributed by atoms with Crippen LogP contribution in [0, 0.1) is 0 Å². The molecule has 0 aliphatic heterocycles. The summed E-state index contributed by atoms with van der Waals surface area (Å²) in [4.78, 5) is 27.3. The van der Waals surface area contributed by atoms with Gasteiger partial charge >= 0.3 is 12.1 Å². The highest BCUT2D eigenvalue weighted by Crippen LogP contribution is 2.40. The van der Waals surface area contributed by atoms with Crippen molar-refractivity contribution in [3.8, 4) is 10.6 Å². The third-order valence-corrected chi connectivity index (χ3v) is 4.24. The van der Waals surface area contributed by atoms with E-state index >= 15 is 0 Å². The average molecular weight is 389 g/mol. The van der Waals surface area contributed by atoms with Crippen LogP contribution in [-0.2, 0) is 4.74 Å². The predicted octanol–water partition coefficient (Wildman–Crippen LogP) is 5.16. The van der Waals surface area contributed by atoms with E-state index in [-0.39, 0.29) is 15.7 Å². The zero-order valence-corrected chi connectivity index (χ0v) is 15.3. The van der Waals surface area contributed by atoms with Crippen LogP contribution in [0.5, 0.6) is 0 Å². The Kier molecular flexibility index (Phi) is 5.37. The van der Waals surface area contributed by atoms with Crippen LogP contribution in [0.3, 0.4) is 0 Å². The highest BCUT2D eigenvalue weighted by atomic mass is 35.5. The van der Waals surface area contributed by atoms with Gasteiger partial charge in [0.15, 0.2) is 5.69 Å². The van der Waals surface area contributed by atoms with Crippen molar-refractivity contribution >= 4 is 51.6 Å². The molecule has 0 fully saturated rings. The molecule has 0 saturated carbocycles. The Bertz CT molecular complexity index is 779. The van der Waals surface area contributed by atoms with E-state index in [1.54, 1.807) is 39.0 Å². The van der Waals surface area contributed by atoms with Crippen LogP contribution >= 0.6 is 34.5 Å². The molecule has 0 aliphatic rings. The molecule has 24 heavy (non-hydrogen) atoms. The molecule has 0 atom stereocenters. The molecule has 0 aliphatic carbocycles. The molecule has 6 nitrogen and oxygen atoms in total. The van der Waals surface area contributed by atoms with Gasteiger partial charge in [0, 0.05) is 5.56 Å². The topological polar surface area (TPSA) is 88.5 Å². The quantitative estimate of drug-likeness (QED) is 0.757. The average Bonchev–Trinajstić information content (AvgIpc) is 2.79. The first-order valence-electron chi connectivity index (χ1n) is 6.77. The highest BCUT2D eigenvalue weighted by Gasteiger charge is 2.24. The minimum atomic E-state index is -1.29. The van der Waals surface area contributed by atoms with Crippen molar-refractivity contribution in [3.05, 3.63) is 33.9 Å². The fourth-order valence-electron chi connectivity index (χ4n) is 1.76. The number of aromatic carboxylic acids is 1. The van der Waals surface area contributed by atoms with Crippen molar-refractivity contribution in [2.75, 3.05) is 5.32 Å². The number of halogens is 2. The zero-order valence-electron chi connectivity index (χ0n) is 13.0. The maximum Gasteiger partial charge on any atom is 0.412 e. The first-order valence-corrected chi connectivity index (χ1v) is 8.34. The number of amides is 1. The molecule has 2 N–H and O–H groups in total. The van der Waals surface area contributed by atoms with Gasteiger partial charge in [-0.2, -0.15) is 0 Å². The van der Waals surface area contributed by atoms with Gasteiger partial charge in [-0.15, -0.1) is 0 Å². The summed E-state index contributed by atoms with van der Waals surface area (Å²) in [6, 6.07) is 4.90. The smallest absolute Gasteiger partial charge is 0.412 e. The first kappa shape index (κ1) is 18.5. The number of aromatic nitrogens is 1. The van der Waals surface area contributed by atoms with Crippen LogP contribution in [0.2, 0.25) is 10.0 Å². The molecule has 0 spiro atoms. The number of nitrogens with one attached hydrogen (secondary N) is 1. The van der Waals surface area contributed by atoms with E-state index in [1.807, 2.05) is 0 Å². The molecular formula is C15H14Cl2N2O4S. The fourth-order valence-corrected chi connectivity index (χ4v) is 3.46. The van der Waals surface area contributed by atoms with Gasteiger partial charge < -0.3 is 9.84 Å². The fraction of sp³-hybridized carbons (Fsp3) is 0.267. The van der Waals surface area contributed by atoms with Crippen LogP contribution in [0.15, 0.2) is 18.2 Å². The largest absolute Gasteiger partial charge is 0.476 e. The second-order valence-corrected chi connectivity index (χ2v) is 7.54. The molecule has 1 aromatic carbocycles. The summed E-state index contributed by atoms with van der Waals surface area (Å²) >= 11 is 13.2. The number of carbonyl (C=O) groups excluding carboxylic acids is 1. The molecule has 128 valence electrons. The van der Waals surface area contributed by atoms with Crippen LogP contribution in [-0.4, -0.2) is 27.8 Å². The predicted molar refractivity (Wildman–Crippen MR) is 94.4 cm³/mol. The Morgan fingerprint density at radius 1 is 1.25 bits per heavy atom. The minimum absolute atomic E-state index is 0.0442. The Morgan fingerprint density at radius 3 is 2.33 bits per heavy atom. The molecule has 2 aromatic rings. The number of carbonyl (C=O) groups is 2. The van der Waals surface area contributed by atoms with Gasteiger partial charge in [-0.1, -0.05) is 40.6 Å². The Hall–Kier alpha value is -1.83. The molecule has 9 heteroatoms. The number of rotatable bonds is 3. The summed E-state index contributed by atoms with van der Waals surface area (Å²) in [6.45, 7) is 5.10. The summed E-state index contributed by atoms with van der Waals surface area (Å²) in [5, 5.41) is 12.7. The van der Waals surface area contributed by atoms with Crippen molar-refractivity contribution < 1.29 is 19.4 Å². The first-order chi connectivity index (χ1) is 11.1. The lowest BCUT2D eigenvalue weighted by Gasteiger charge is -2.19. The second-order valence-electron chi connectivity index (χ2n) is 5.73. The van der Waals surface area contributed by atoms with Gasteiger partial charge in [0.25, 0.3) is 0 Å². The third-order valence-electron chi connectivity index (χ3n) is 2.62. The van der Waals surface area contributed by atoms with Crippen LogP contribution in [0.1, 0.15) is 31.3 Å².